The van der Waals surface area contributed by atoms with Crippen molar-refractivity contribution in [3.8, 4) is 5.75 Å². The van der Waals surface area contributed by atoms with E-state index in [4.69, 9.17) is 4.74 Å². The number of likely N-dealkylation sites (N-methyl/N-ethyl adjacent to an activating group) is 1. The van der Waals surface area contributed by atoms with E-state index >= 15 is 0 Å². The molecule has 1 fully saturated rings. The van der Waals surface area contributed by atoms with Gasteiger partial charge in [0.1, 0.15) is 12.4 Å². The Kier molecular flexibility index (Phi) is 5.17. The largest absolute Gasteiger partial charge is 0.489 e. The van der Waals surface area contributed by atoms with Crippen molar-refractivity contribution in [1.82, 2.24) is 4.90 Å². The smallest absolute Gasteiger partial charge is 0.293 e. The number of carbonyl (C=O) groups excluding carboxylic acids is 2. The maximum Gasteiger partial charge on any atom is 0.293 e. The summed E-state index contributed by atoms with van der Waals surface area (Å²) in [5.74, 6) is 0.529. The third-order valence-electron chi connectivity index (χ3n) is 4.59. The quantitative estimate of drug-likeness (QED) is 0.543. The number of imide groups is 1. The van der Waals surface area contributed by atoms with Crippen molar-refractivity contribution in [1.29, 1.82) is 0 Å². The summed E-state index contributed by atoms with van der Waals surface area (Å²) in [7, 11) is 0. The van der Waals surface area contributed by atoms with E-state index in [1.54, 1.807) is 13.0 Å². The molecule has 3 aromatic rings. The monoisotopic (exact) mass is 389 g/mol. The average Bonchev–Trinajstić information content (AvgIpc) is 2.99. The minimum absolute atomic E-state index is 0.214. The third-order valence-corrected chi connectivity index (χ3v) is 5.49. The van der Waals surface area contributed by atoms with Crippen LogP contribution in [0.25, 0.3) is 16.8 Å². The second kappa shape index (κ2) is 7.90. The lowest BCUT2D eigenvalue weighted by atomic mass is 10.1. The van der Waals surface area contributed by atoms with Gasteiger partial charge in [0.25, 0.3) is 11.1 Å². The molecule has 0 N–H and O–H groups in total. The van der Waals surface area contributed by atoms with Crippen LogP contribution >= 0.6 is 11.8 Å². The molecule has 4 nitrogen and oxygen atoms in total. The molecule has 5 heteroatoms. The number of hydrogen-bond donors (Lipinski definition) is 0. The molecule has 0 aromatic heterocycles. The predicted octanol–water partition coefficient (Wildman–Crippen LogP) is 5.48. The Morgan fingerprint density at radius 2 is 1.71 bits per heavy atom. The molecule has 1 aliphatic heterocycles. The van der Waals surface area contributed by atoms with E-state index < -0.39 is 0 Å². The Bertz CT molecular complexity index is 1070. The highest BCUT2D eigenvalue weighted by Crippen LogP contribution is 2.32. The molecular formula is C23H19NO3S. The van der Waals surface area contributed by atoms with Crippen molar-refractivity contribution in [2.24, 2.45) is 0 Å². The first kappa shape index (κ1) is 18.3. The van der Waals surface area contributed by atoms with Gasteiger partial charge < -0.3 is 4.74 Å². The molecule has 0 atom stereocenters. The van der Waals surface area contributed by atoms with Gasteiger partial charge in [0.05, 0.1) is 4.91 Å². The fraction of sp³-hybridized carbons (Fsp3) is 0.130. The molecule has 0 radical (unpaired) electrons. The molecule has 0 saturated carbocycles. The number of nitrogens with zero attached hydrogens (tertiary/aromatic N) is 1. The van der Waals surface area contributed by atoms with E-state index in [0.29, 0.717) is 18.1 Å². The van der Waals surface area contributed by atoms with Gasteiger partial charge in [0, 0.05) is 6.54 Å². The summed E-state index contributed by atoms with van der Waals surface area (Å²) in [5, 5.41) is 2.19. The zero-order chi connectivity index (χ0) is 19.5. The van der Waals surface area contributed by atoms with Crippen LogP contribution in [0.3, 0.4) is 0 Å². The van der Waals surface area contributed by atoms with Crippen molar-refractivity contribution in [3.05, 3.63) is 82.8 Å². The standard InChI is InChI=1S/C23H19NO3S/c1-2-24-22(25)21(28-23(24)26)14-16-8-11-20(12-9-16)27-15-17-7-10-18-5-3-4-6-19(18)13-17/h3-14H,2,15H2,1H3/b21-14+. The number of fused-ring (bicyclic) bond motifs is 1. The predicted molar refractivity (Wildman–Crippen MR) is 113 cm³/mol. The number of carbonyl (C=O) groups is 2. The summed E-state index contributed by atoms with van der Waals surface area (Å²) in [4.78, 5) is 25.6. The number of amides is 2. The number of hydrogen-bond acceptors (Lipinski definition) is 4. The maximum atomic E-state index is 12.2. The molecule has 1 aliphatic rings. The number of ether oxygens (including phenoxy) is 1. The summed E-state index contributed by atoms with van der Waals surface area (Å²) in [6.45, 7) is 2.67. The lowest BCUT2D eigenvalue weighted by Crippen LogP contribution is -2.27. The van der Waals surface area contributed by atoms with E-state index in [-0.39, 0.29) is 11.1 Å². The first-order chi connectivity index (χ1) is 13.6. The molecule has 140 valence electrons. The van der Waals surface area contributed by atoms with Gasteiger partial charge in [-0.3, -0.25) is 14.5 Å². The van der Waals surface area contributed by atoms with Crippen LogP contribution in [0.5, 0.6) is 5.75 Å². The highest BCUT2D eigenvalue weighted by Gasteiger charge is 2.33. The minimum Gasteiger partial charge on any atom is -0.489 e. The van der Waals surface area contributed by atoms with Crippen molar-refractivity contribution in [3.63, 3.8) is 0 Å². The van der Waals surface area contributed by atoms with E-state index in [1.807, 2.05) is 36.4 Å². The van der Waals surface area contributed by atoms with Crippen LogP contribution < -0.4 is 4.74 Å². The van der Waals surface area contributed by atoms with Crippen LogP contribution in [-0.2, 0) is 11.4 Å². The fourth-order valence-corrected chi connectivity index (χ4v) is 3.98. The highest BCUT2D eigenvalue weighted by molar-refractivity contribution is 8.18. The summed E-state index contributed by atoms with van der Waals surface area (Å²) < 4.78 is 5.88. The molecule has 0 unspecified atom stereocenters. The lowest BCUT2D eigenvalue weighted by molar-refractivity contribution is -0.122. The molecule has 0 bridgehead atoms. The Hall–Kier alpha value is -3.05. The molecule has 2 amide bonds. The zero-order valence-electron chi connectivity index (χ0n) is 15.4. The van der Waals surface area contributed by atoms with Crippen LogP contribution in [-0.4, -0.2) is 22.6 Å². The molecule has 28 heavy (non-hydrogen) atoms. The van der Waals surface area contributed by atoms with Crippen LogP contribution in [0.2, 0.25) is 0 Å². The molecule has 1 heterocycles. The Morgan fingerprint density at radius 1 is 0.964 bits per heavy atom. The lowest BCUT2D eigenvalue weighted by Gasteiger charge is -2.08. The average molecular weight is 389 g/mol. The summed E-state index contributed by atoms with van der Waals surface area (Å²) in [5.41, 5.74) is 1.97. The van der Waals surface area contributed by atoms with Crippen molar-refractivity contribution < 1.29 is 14.3 Å². The van der Waals surface area contributed by atoms with Crippen molar-refractivity contribution in [2.45, 2.75) is 13.5 Å². The van der Waals surface area contributed by atoms with Gasteiger partial charge in [-0.1, -0.05) is 48.5 Å². The van der Waals surface area contributed by atoms with Gasteiger partial charge in [0.2, 0.25) is 0 Å². The number of rotatable bonds is 5. The molecule has 4 rings (SSSR count). The number of thioether (sulfide) groups is 1. The first-order valence-corrected chi connectivity index (χ1v) is 9.91. The van der Waals surface area contributed by atoms with E-state index in [1.165, 1.54) is 15.7 Å². The normalized spacial score (nSPS) is 15.6. The Labute approximate surface area is 167 Å². The fourth-order valence-electron chi connectivity index (χ4n) is 3.08. The van der Waals surface area contributed by atoms with Crippen LogP contribution in [0.15, 0.2) is 71.6 Å². The van der Waals surface area contributed by atoms with E-state index in [0.717, 1.165) is 28.6 Å². The summed E-state index contributed by atoms with van der Waals surface area (Å²) in [6, 6.07) is 22.1. The Morgan fingerprint density at radius 3 is 2.43 bits per heavy atom. The number of benzene rings is 3. The van der Waals surface area contributed by atoms with E-state index in [2.05, 4.69) is 30.3 Å². The summed E-state index contributed by atoms with van der Waals surface area (Å²) >= 11 is 0.981. The second-order valence-corrected chi connectivity index (χ2v) is 7.46. The van der Waals surface area contributed by atoms with Gasteiger partial charge in [-0.15, -0.1) is 0 Å². The molecule has 3 aromatic carbocycles. The Balaban J connectivity index is 1.42. The van der Waals surface area contributed by atoms with Crippen molar-refractivity contribution >= 4 is 39.8 Å². The topological polar surface area (TPSA) is 46.6 Å². The molecule has 1 saturated heterocycles. The second-order valence-electron chi connectivity index (χ2n) is 6.47. The first-order valence-electron chi connectivity index (χ1n) is 9.10. The van der Waals surface area contributed by atoms with Gasteiger partial charge in [-0.2, -0.15) is 0 Å². The summed E-state index contributed by atoms with van der Waals surface area (Å²) in [6.07, 6.45) is 1.74. The van der Waals surface area contributed by atoms with Crippen molar-refractivity contribution in [2.75, 3.05) is 6.54 Å². The van der Waals surface area contributed by atoms with E-state index in [9.17, 15) is 9.59 Å². The maximum absolute atomic E-state index is 12.2. The third kappa shape index (κ3) is 3.80. The van der Waals surface area contributed by atoms with Gasteiger partial charge in [-0.05, 0) is 64.9 Å². The van der Waals surface area contributed by atoms with Crippen LogP contribution in [0, 0.1) is 0 Å². The van der Waals surface area contributed by atoms with Crippen LogP contribution in [0.4, 0.5) is 4.79 Å². The van der Waals surface area contributed by atoms with Gasteiger partial charge in [-0.25, -0.2) is 0 Å². The zero-order valence-corrected chi connectivity index (χ0v) is 16.2. The van der Waals surface area contributed by atoms with Gasteiger partial charge >= 0.3 is 0 Å². The molecule has 0 aliphatic carbocycles. The molecule has 0 spiro atoms. The molecular weight excluding hydrogens is 370 g/mol. The van der Waals surface area contributed by atoms with Crippen LogP contribution in [0.1, 0.15) is 18.1 Å². The highest BCUT2D eigenvalue weighted by atomic mass is 32.2. The van der Waals surface area contributed by atoms with Gasteiger partial charge in [0.15, 0.2) is 0 Å². The minimum atomic E-state index is -0.228. The SMILES string of the molecule is CCN1C(=O)S/C(=C/c2ccc(OCc3ccc4ccccc4c3)cc2)C1=O.